The Bertz CT molecular complexity index is 326. The van der Waals surface area contributed by atoms with E-state index in [0.717, 1.165) is 32.1 Å². The lowest BCUT2D eigenvalue weighted by Gasteiger charge is -2.17. The van der Waals surface area contributed by atoms with Gasteiger partial charge in [0.1, 0.15) is 0 Å². The number of carbonyl (C=O) groups is 3. The van der Waals surface area contributed by atoms with Gasteiger partial charge in [0.05, 0.1) is 24.9 Å². The van der Waals surface area contributed by atoms with Gasteiger partial charge in [-0.2, -0.15) is 0 Å². The minimum absolute atomic E-state index is 0.256. The summed E-state index contributed by atoms with van der Waals surface area (Å²) < 4.78 is 5.00. The molecule has 2 N–H and O–H groups in total. The van der Waals surface area contributed by atoms with E-state index in [1.807, 2.05) is 0 Å². The van der Waals surface area contributed by atoms with Crippen LogP contribution >= 0.6 is 0 Å². The standard InChI is InChI=1S/C14H24O6/c1-3-4-5-6-7-8-20-14(19)10(2)11(13(17)18)9-12(15)16/h10-11H,3-9H2,1-2H3,(H,15,16)(H,17,18). The van der Waals surface area contributed by atoms with Crippen molar-refractivity contribution in [3.05, 3.63) is 0 Å². The second-order valence-electron chi connectivity index (χ2n) is 4.91. The smallest absolute Gasteiger partial charge is 0.309 e. The van der Waals surface area contributed by atoms with Crippen molar-refractivity contribution < 1.29 is 29.3 Å². The minimum atomic E-state index is -1.29. The molecule has 0 bridgehead atoms. The van der Waals surface area contributed by atoms with E-state index >= 15 is 0 Å². The van der Waals surface area contributed by atoms with Crippen LogP contribution in [0.25, 0.3) is 0 Å². The summed E-state index contributed by atoms with van der Waals surface area (Å²) in [5.74, 6) is -5.38. The highest BCUT2D eigenvalue weighted by atomic mass is 16.5. The van der Waals surface area contributed by atoms with Gasteiger partial charge in [0, 0.05) is 0 Å². The third-order valence-electron chi connectivity index (χ3n) is 3.18. The van der Waals surface area contributed by atoms with Crippen LogP contribution in [-0.2, 0) is 19.1 Å². The Hall–Kier alpha value is -1.59. The van der Waals surface area contributed by atoms with Crippen molar-refractivity contribution in [2.24, 2.45) is 11.8 Å². The molecule has 0 saturated carbocycles. The molecular formula is C14H24O6. The van der Waals surface area contributed by atoms with Gasteiger partial charge < -0.3 is 14.9 Å². The van der Waals surface area contributed by atoms with Crippen LogP contribution in [0.5, 0.6) is 0 Å². The van der Waals surface area contributed by atoms with Gasteiger partial charge in [0.25, 0.3) is 0 Å². The van der Waals surface area contributed by atoms with Gasteiger partial charge in [-0.3, -0.25) is 14.4 Å². The van der Waals surface area contributed by atoms with Gasteiger partial charge in [-0.1, -0.05) is 39.5 Å². The third-order valence-corrected chi connectivity index (χ3v) is 3.18. The van der Waals surface area contributed by atoms with E-state index in [0.29, 0.717) is 0 Å². The van der Waals surface area contributed by atoms with Crippen molar-refractivity contribution >= 4 is 17.9 Å². The third kappa shape index (κ3) is 7.76. The molecule has 2 unspecified atom stereocenters. The molecule has 0 aromatic heterocycles. The number of rotatable bonds is 11. The monoisotopic (exact) mass is 288 g/mol. The van der Waals surface area contributed by atoms with Gasteiger partial charge in [-0.15, -0.1) is 0 Å². The summed E-state index contributed by atoms with van der Waals surface area (Å²) in [6, 6.07) is 0. The van der Waals surface area contributed by atoms with E-state index in [9.17, 15) is 14.4 Å². The lowest BCUT2D eigenvalue weighted by molar-refractivity contribution is -0.159. The maximum Gasteiger partial charge on any atom is 0.309 e. The highest BCUT2D eigenvalue weighted by molar-refractivity contribution is 5.84. The summed E-state index contributed by atoms with van der Waals surface area (Å²) in [7, 11) is 0. The molecule has 0 aromatic carbocycles. The summed E-state index contributed by atoms with van der Waals surface area (Å²) in [6.07, 6.45) is 4.49. The van der Waals surface area contributed by atoms with Gasteiger partial charge in [0.15, 0.2) is 0 Å². The lowest BCUT2D eigenvalue weighted by atomic mass is 9.91. The lowest BCUT2D eigenvalue weighted by Crippen LogP contribution is -2.31. The Morgan fingerprint density at radius 1 is 1.05 bits per heavy atom. The molecule has 0 aliphatic heterocycles. The molecule has 116 valence electrons. The van der Waals surface area contributed by atoms with Crippen LogP contribution in [0.15, 0.2) is 0 Å². The number of hydrogen-bond donors (Lipinski definition) is 2. The highest BCUT2D eigenvalue weighted by Crippen LogP contribution is 2.18. The average molecular weight is 288 g/mol. The van der Waals surface area contributed by atoms with Crippen molar-refractivity contribution in [1.82, 2.24) is 0 Å². The van der Waals surface area contributed by atoms with Crippen LogP contribution in [-0.4, -0.2) is 34.7 Å². The topological polar surface area (TPSA) is 101 Å². The first-order chi connectivity index (χ1) is 9.40. The highest BCUT2D eigenvalue weighted by Gasteiger charge is 2.33. The molecule has 0 radical (unpaired) electrons. The summed E-state index contributed by atoms with van der Waals surface area (Å²) in [6.45, 7) is 3.75. The molecule has 0 saturated heterocycles. The second kappa shape index (κ2) is 10.2. The average Bonchev–Trinajstić information content (AvgIpc) is 2.38. The van der Waals surface area contributed by atoms with Crippen molar-refractivity contribution in [2.45, 2.75) is 52.4 Å². The largest absolute Gasteiger partial charge is 0.481 e. The van der Waals surface area contributed by atoms with Gasteiger partial charge >= 0.3 is 17.9 Å². The Morgan fingerprint density at radius 3 is 2.15 bits per heavy atom. The summed E-state index contributed by atoms with van der Waals surface area (Å²) in [4.78, 5) is 33.2. The first-order valence-corrected chi connectivity index (χ1v) is 7.01. The molecule has 20 heavy (non-hydrogen) atoms. The van der Waals surface area contributed by atoms with Gasteiger partial charge in [-0.05, 0) is 6.42 Å². The number of carboxylic acids is 2. The fourth-order valence-electron chi connectivity index (χ4n) is 1.84. The summed E-state index contributed by atoms with van der Waals surface area (Å²) in [5.41, 5.74) is 0. The zero-order valence-corrected chi connectivity index (χ0v) is 12.1. The van der Waals surface area contributed by atoms with Crippen LogP contribution in [0.3, 0.4) is 0 Å². The number of ether oxygens (including phenoxy) is 1. The number of esters is 1. The minimum Gasteiger partial charge on any atom is -0.481 e. The van der Waals surface area contributed by atoms with Gasteiger partial charge in [0.2, 0.25) is 0 Å². The van der Waals surface area contributed by atoms with Crippen LogP contribution in [0.2, 0.25) is 0 Å². The molecule has 2 atom stereocenters. The fraction of sp³-hybridized carbons (Fsp3) is 0.786. The zero-order valence-electron chi connectivity index (χ0n) is 12.1. The number of carboxylic acid groups (broad SMARTS) is 2. The molecule has 0 aromatic rings. The van der Waals surface area contributed by atoms with Crippen molar-refractivity contribution in [1.29, 1.82) is 0 Å². The van der Waals surface area contributed by atoms with Crippen molar-refractivity contribution in [2.75, 3.05) is 6.61 Å². The summed E-state index contributed by atoms with van der Waals surface area (Å²) >= 11 is 0. The maximum atomic E-state index is 11.7. The predicted molar refractivity (Wildman–Crippen MR) is 72.3 cm³/mol. The molecule has 0 spiro atoms. The van der Waals surface area contributed by atoms with E-state index in [2.05, 4.69) is 6.92 Å². The first kappa shape index (κ1) is 18.4. The van der Waals surface area contributed by atoms with Crippen LogP contribution in [0.1, 0.15) is 52.4 Å². The second-order valence-corrected chi connectivity index (χ2v) is 4.91. The molecule has 0 aliphatic carbocycles. The molecular weight excluding hydrogens is 264 g/mol. The molecule has 6 heteroatoms. The molecule has 0 aliphatic rings. The maximum absolute atomic E-state index is 11.7. The number of aliphatic carboxylic acids is 2. The summed E-state index contributed by atoms with van der Waals surface area (Å²) in [5, 5.41) is 17.6. The SMILES string of the molecule is CCCCCCCOC(=O)C(C)C(CC(=O)O)C(=O)O. The first-order valence-electron chi connectivity index (χ1n) is 7.01. The van der Waals surface area contributed by atoms with E-state index < -0.39 is 36.2 Å². The normalized spacial score (nSPS) is 13.5. The molecule has 0 fully saturated rings. The Morgan fingerprint density at radius 2 is 1.65 bits per heavy atom. The van der Waals surface area contributed by atoms with Crippen molar-refractivity contribution in [3.8, 4) is 0 Å². The van der Waals surface area contributed by atoms with Crippen molar-refractivity contribution in [3.63, 3.8) is 0 Å². The van der Waals surface area contributed by atoms with Gasteiger partial charge in [-0.25, -0.2) is 0 Å². The van der Waals surface area contributed by atoms with E-state index in [4.69, 9.17) is 14.9 Å². The van der Waals surface area contributed by atoms with E-state index in [-0.39, 0.29) is 6.61 Å². The molecule has 6 nitrogen and oxygen atoms in total. The van der Waals surface area contributed by atoms with Crippen LogP contribution < -0.4 is 0 Å². The zero-order chi connectivity index (χ0) is 15.5. The Balaban J connectivity index is 4.10. The van der Waals surface area contributed by atoms with E-state index in [1.54, 1.807) is 0 Å². The van der Waals surface area contributed by atoms with E-state index in [1.165, 1.54) is 6.92 Å². The fourth-order valence-corrected chi connectivity index (χ4v) is 1.84. The number of hydrogen-bond acceptors (Lipinski definition) is 4. The molecule has 0 rings (SSSR count). The number of carbonyl (C=O) groups excluding carboxylic acids is 1. The quantitative estimate of drug-likeness (QED) is 0.447. The molecule has 0 amide bonds. The predicted octanol–water partition coefficient (Wildman–Crippen LogP) is 2.31. The number of unbranched alkanes of at least 4 members (excludes halogenated alkanes) is 4. The van der Waals surface area contributed by atoms with Crippen LogP contribution in [0.4, 0.5) is 0 Å². The van der Waals surface area contributed by atoms with Crippen LogP contribution in [0, 0.1) is 11.8 Å². The Labute approximate surface area is 119 Å². The Kier molecular flexibility index (Phi) is 9.41. The molecule has 0 heterocycles.